The van der Waals surface area contributed by atoms with Gasteiger partial charge in [0.2, 0.25) is 0 Å². The zero-order valence-electron chi connectivity index (χ0n) is 11.6. The third-order valence-corrected chi connectivity index (χ3v) is 5.42. The van der Waals surface area contributed by atoms with Gasteiger partial charge in [0.25, 0.3) is 5.91 Å². The zero-order chi connectivity index (χ0) is 14.1. The monoisotopic (exact) mass is 334 g/mol. The number of amides is 1. The van der Waals surface area contributed by atoms with E-state index in [9.17, 15) is 4.79 Å². The molecule has 0 heterocycles. The molecule has 20 heavy (non-hydrogen) atoms. The highest BCUT2D eigenvalue weighted by Crippen LogP contribution is 2.48. The van der Waals surface area contributed by atoms with Crippen LogP contribution in [0.15, 0.2) is 33.8 Å². The van der Waals surface area contributed by atoms with Crippen molar-refractivity contribution in [3.63, 3.8) is 0 Å². The lowest BCUT2D eigenvalue weighted by atomic mass is 9.86. The first-order valence-electron chi connectivity index (χ1n) is 7.24. The van der Waals surface area contributed by atoms with Crippen molar-refractivity contribution in [2.75, 3.05) is 0 Å². The Morgan fingerprint density at radius 2 is 2.10 bits per heavy atom. The number of benzene rings is 1. The van der Waals surface area contributed by atoms with Crippen LogP contribution in [0, 0.1) is 17.8 Å². The predicted octanol–water partition coefficient (Wildman–Crippen LogP) is 3.99. The zero-order valence-corrected chi connectivity index (χ0v) is 13.2. The van der Waals surface area contributed by atoms with E-state index in [0.717, 1.165) is 22.0 Å². The molecule has 1 aromatic carbocycles. The third kappa shape index (κ3) is 2.66. The van der Waals surface area contributed by atoms with Gasteiger partial charge in [-0.1, -0.05) is 18.6 Å². The molecular weight excluding hydrogens is 316 g/mol. The molecule has 3 rings (SSSR count). The molecule has 1 amide bonds. The lowest BCUT2D eigenvalue weighted by Gasteiger charge is -2.21. The molecule has 3 atom stereocenters. The second kappa shape index (κ2) is 5.68. The van der Waals surface area contributed by atoms with Crippen molar-refractivity contribution in [3.05, 3.63) is 34.3 Å². The van der Waals surface area contributed by atoms with Crippen molar-refractivity contribution in [3.8, 4) is 0 Å². The number of hydrogen-bond acceptors (Lipinski definition) is 2. The third-order valence-electron chi connectivity index (χ3n) is 4.73. The van der Waals surface area contributed by atoms with E-state index in [0.29, 0.717) is 11.5 Å². The number of carbonyl (C=O) groups excluding carboxylic acids is 1. The van der Waals surface area contributed by atoms with Gasteiger partial charge in [0.15, 0.2) is 0 Å². The summed E-state index contributed by atoms with van der Waals surface area (Å²) in [5.74, 6) is 2.12. The highest BCUT2D eigenvalue weighted by atomic mass is 79.9. The first kappa shape index (κ1) is 13.8. The van der Waals surface area contributed by atoms with Gasteiger partial charge < -0.3 is 0 Å². The minimum Gasteiger partial charge on any atom is -0.267 e. The topological polar surface area (TPSA) is 41.5 Å². The maximum atomic E-state index is 12.1. The van der Waals surface area contributed by atoms with Gasteiger partial charge in [-0.15, -0.1) is 0 Å². The lowest BCUT2D eigenvalue weighted by molar-refractivity contribution is 0.0953. The standard InChI is InChI=1S/C16H19BrN2O/c1-10(14-9-11-6-7-12(14)8-11)18-19-16(20)13-4-2-3-5-15(13)17/h2-5,11-12,14H,6-9H2,1H3,(H,19,20). The molecule has 0 aromatic heterocycles. The van der Waals surface area contributed by atoms with Crippen molar-refractivity contribution in [1.82, 2.24) is 5.43 Å². The van der Waals surface area contributed by atoms with Crippen molar-refractivity contribution >= 4 is 27.5 Å². The van der Waals surface area contributed by atoms with Crippen LogP contribution in [0.1, 0.15) is 43.0 Å². The first-order valence-corrected chi connectivity index (χ1v) is 8.03. The minimum absolute atomic E-state index is 0.153. The van der Waals surface area contributed by atoms with Gasteiger partial charge in [0, 0.05) is 16.1 Å². The van der Waals surface area contributed by atoms with E-state index in [1.54, 1.807) is 6.07 Å². The van der Waals surface area contributed by atoms with Crippen LogP contribution in [0.5, 0.6) is 0 Å². The lowest BCUT2D eigenvalue weighted by Crippen LogP contribution is -2.24. The molecule has 0 spiro atoms. The predicted molar refractivity (Wildman–Crippen MR) is 83.7 cm³/mol. The Morgan fingerprint density at radius 3 is 2.75 bits per heavy atom. The Hall–Kier alpha value is -1.16. The molecule has 0 aliphatic heterocycles. The van der Waals surface area contributed by atoms with Crippen LogP contribution in [-0.4, -0.2) is 11.6 Å². The van der Waals surface area contributed by atoms with Gasteiger partial charge >= 0.3 is 0 Å². The van der Waals surface area contributed by atoms with Gasteiger partial charge in [0.05, 0.1) is 5.56 Å². The molecule has 2 saturated carbocycles. The van der Waals surface area contributed by atoms with E-state index in [1.807, 2.05) is 25.1 Å². The van der Waals surface area contributed by atoms with Crippen LogP contribution in [0.25, 0.3) is 0 Å². The molecule has 4 heteroatoms. The molecule has 0 saturated heterocycles. The fraction of sp³-hybridized carbons (Fsp3) is 0.500. The van der Waals surface area contributed by atoms with Crippen molar-refractivity contribution < 1.29 is 4.79 Å². The summed E-state index contributed by atoms with van der Waals surface area (Å²) in [7, 11) is 0. The molecule has 2 bridgehead atoms. The molecule has 1 N–H and O–H groups in total. The fourth-order valence-corrected chi connectivity index (χ4v) is 4.15. The number of nitrogens with one attached hydrogen (secondary N) is 1. The van der Waals surface area contributed by atoms with E-state index >= 15 is 0 Å². The molecular formula is C16H19BrN2O. The Labute approximate surface area is 128 Å². The Morgan fingerprint density at radius 1 is 1.30 bits per heavy atom. The van der Waals surface area contributed by atoms with E-state index in [2.05, 4.69) is 26.5 Å². The molecule has 2 aliphatic rings. The second-order valence-corrected chi connectivity index (χ2v) is 6.81. The van der Waals surface area contributed by atoms with Crippen LogP contribution >= 0.6 is 15.9 Å². The minimum atomic E-state index is -0.153. The summed E-state index contributed by atoms with van der Waals surface area (Å²) in [6.45, 7) is 2.05. The maximum absolute atomic E-state index is 12.1. The summed E-state index contributed by atoms with van der Waals surface area (Å²) in [5.41, 5.74) is 4.40. The van der Waals surface area contributed by atoms with Crippen LogP contribution in [0.4, 0.5) is 0 Å². The highest BCUT2D eigenvalue weighted by molar-refractivity contribution is 9.10. The molecule has 2 aliphatic carbocycles. The molecule has 2 fully saturated rings. The normalized spacial score (nSPS) is 28.7. The number of carbonyl (C=O) groups is 1. The van der Waals surface area contributed by atoms with Crippen LogP contribution in [0.2, 0.25) is 0 Å². The van der Waals surface area contributed by atoms with Crippen LogP contribution < -0.4 is 5.43 Å². The smallest absolute Gasteiger partial charge is 0.267 e. The second-order valence-electron chi connectivity index (χ2n) is 5.96. The van der Waals surface area contributed by atoms with Gasteiger partial charge in [0.1, 0.15) is 0 Å². The number of hydrogen-bond donors (Lipinski definition) is 1. The van der Waals surface area contributed by atoms with Gasteiger partial charge in [-0.25, -0.2) is 5.43 Å². The molecule has 3 nitrogen and oxygen atoms in total. The number of nitrogens with zero attached hydrogens (tertiary/aromatic N) is 1. The summed E-state index contributed by atoms with van der Waals surface area (Å²) in [6.07, 6.45) is 5.33. The van der Waals surface area contributed by atoms with Crippen molar-refractivity contribution in [2.45, 2.75) is 32.6 Å². The fourth-order valence-electron chi connectivity index (χ4n) is 3.68. The number of halogens is 1. The Balaban J connectivity index is 1.65. The number of rotatable bonds is 3. The van der Waals surface area contributed by atoms with Gasteiger partial charge in [-0.2, -0.15) is 5.10 Å². The van der Waals surface area contributed by atoms with Crippen molar-refractivity contribution in [2.24, 2.45) is 22.9 Å². The average Bonchev–Trinajstić information content (AvgIpc) is 3.07. The van der Waals surface area contributed by atoms with Gasteiger partial charge in [-0.05, 0) is 66.1 Å². The summed E-state index contributed by atoms with van der Waals surface area (Å²) in [4.78, 5) is 12.1. The largest absolute Gasteiger partial charge is 0.272 e. The molecule has 0 radical (unpaired) electrons. The first-order chi connectivity index (χ1) is 9.65. The van der Waals surface area contributed by atoms with E-state index < -0.39 is 0 Å². The SMILES string of the molecule is CC(=NNC(=O)c1ccccc1Br)C1CC2CCC1C2. The Kier molecular flexibility index (Phi) is 3.92. The summed E-state index contributed by atoms with van der Waals surface area (Å²) in [6, 6.07) is 7.40. The number of hydrazone groups is 1. The quantitative estimate of drug-likeness (QED) is 0.659. The maximum Gasteiger partial charge on any atom is 0.272 e. The summed E-state index contributed by atoms with van der Waals surface area (Å²) >= 11 is 3.39. The summed E-state index contributed by atoms with van der Waals surface area (Å²) < 4.78 is 0.797. The average molecular weight is 335 g/mol. The summed E-state index contributed by atoms with van der Waals surface area (Å²) in [5, 5.41) is 4.34. The van der Waals surface area contributed by atoms with Gasteiger partial charge in [-0.3, -0.25) is 4.79 Å². The van der Waals surface area contributed by atoms with E-state index in [1.165, 1.54) is 25.7 Å². The molecule has 3 unspecified atom stereocenters. The van der Waals surface area contributed by atoms with E-state index in [4.69, 9.17) is 0 Å². The Bertz CT molecular complexity index is 555. The van der Waals surface area contributed by atoms with E-state index in [-0.39, 0.29) is 5.91 Å². The molecule has 1 aromatic rings. The molecule has 106 valence electrons. The highest BCUT2D eigenvalue weighted by Gasteiger charge is 2.40. The van der Waals surface area contributed by atoms with Crippen LogP contribution in [-0.2, 0) is 0 Å². The van der Waals surface area contributed by atoms with Crippen LogP contribution in [0.3, 0.4) is 0 Å². The van der Waals surface area contributed by atoms with Crippen molar-refractivity contribution in [1.29, 1.82) is 0 Å². The number of fused-ring (bicyclic) bond motifs is 2.